The minimum atomic E-state index is 0.329. The SMILES string of the molecule is CCCC1Oc2ccccc2NC1CC. The molecule has 0 saturated carbocycles. The molecule has 1 aliphatic heterocycles. The molecule has 0 aliphatic carbocycles. The Bertz CT molecular complexity index is 324. The first-order valence-corrected chi connectivity index (χ1v) is 5.87. The summed E-state index contributed by atoms with van der Waals surface area (Å²) in [7, 11) is 0. The van der Waals surface area contributed by atoms with Crippen LogP contribution in [0.15, 0.2) is 24.3 Å². The van der Waals surface area contributed by atoms with Crippen LogP contribution in [0.2, 0.25) is 0 Å². The number of anilines is 1. The number of hydrogen-bond donors (Lipinski definition) is 1. The molecule has 2 rings (SSSR count). The van der Waals surface area contributed by atoms with Gasteiger partial charge >= 0.3 is 0 Å². The van der Waals surface area contributed by atoms with Gasteiger partial charge in [-0.15, -0.1) is 0 Å². The van der Waals surface area contributed by atoms with Gasteiger partial charge in [0.15, 0.2) is 0 Å². The quantitative estimate of drug-likeness (QED) is 0.816. The predicted molar refractivity (Wildman–Crippen MR) is 63.5 cm³/mol. The highest BCUT2D eigenvalue weighted by molar-refractivity contribution is 5.58. The van der Waals surface area contributed by atoms with Crippen LogP contribution < -0.4 is 10.1 Å². The molecule has 2 atom stereocenters. The van der Waals surface area contributed by atoms with Crippen molar-refractivity contribution in [3.63, 3.8) is 0 Å². The van der Waals surface area contributed by atoms with E-state index in [2.05, 4.69) is 25.2 Å². The van der Waals surface area contributed by atoms with Gasteiger partial charge in [-0.05, 0) is 25.0 Å². The van der Waals surface area contributed by atoms with E-state index in [1.165, 1.54) is 6.42 Å². The maximum absolute atomic E-state index is 6.01. The molecular weight excluding hydrogens is 186 g/mol. The molecule has 82 valence electrons. The lowest BCUT2D eigenvalue weighted by atomic mass is 10.0. The van der Waals surface area contributed by atoms with Crippen molar-refractivity contribution in [3.8, 4) is 5.75 Å². The number of hydrogen-bond acceptors (Lipinski definition) is 2. The van der Waals surface area contributed by atoms with Gasteiger partial charge in [0.25, 0.3) is 0 Å². The summed E-state index contributed by atoms with van der Waals surface area (Å²) < 4.78 is 6.01. The first-order valence-electron chi connectivity index (χ1n) is 5.87. The van der Waals surface area contributed by atoms with E-state index in [0.29, 0.717) is 12.1 Å². The second-order valence-electron chi connectivity index (χ2n) is 4.10. The summed E-state index contributed by atoms with van der Waals surface area (Å²) >= 11 is 0. The highest BCUT2D eigenvalue weighted by Gasteiger charge is 2.26. The Hall–Kier alpha value is -1.18. The lowest BCUT2D eigenvalue weighted by Crippen LogP contribution is -2.40. The lowest BCUT2D eigenvalue weighted by Gasteiger charge is -2.34. The first-order chi connectivity index (χ1) is 7.35. The Balaban J connectivity index is 2.19. The van der Waals surface area contributed by atoms with Gasteiger partial charge < -0.3 is 10.1 Å². The molecule has 2 heteroatoms. The molecule has 0 aromatic heterocycles. The van der Waals surface area contributed by atoms with Crippen molar-refractivity contribution in [2.45, 2.75) is 45.3 Å². The third-order valence-corrected chi connectivity index (χ3v) is 2.97. The Morgan fingerprint density at radius 1 is 1.27 bits per heavy atom. The molecule has 1 aliphatic rings. The molecule has 2 unspecified atom stereocenters. The summed E-state index contributed by atoms with van der Waals surface area (Å²) in [6, 6.07) is 8.65. The monoisotopic (exact) mass is 205 g/mol. The lowest BCUT2D eigenvalue weighted by molar-refractivity contribution is 0.155. The van der Waals surface area contributed by atoms with Gasteiger partial charge in [0.1, 0.15) is 11.9 Å². The fraction of sp³-hybridized carbons (Fsp3) is 0.538. The van der Waals surface area contributed by atoms with E-state index in [1.807, 2.05) is 18.2 Å². The predicted octanol–water partition coefficient (Wildman–Crippen LogP) is 3.44. The molecule has 0 radical (unpaired) electrons. The number of fused-ring (bicyclic) bond motifs is 1. The van der Waals surface area contributed by atoms with E-state index >= 15 is 0 Å². The molecule has 2 nitrogen and oxygen atoms in total. The average molecular weight is 205 g/mol. The van der Waals surface area contributed by atoms with E-state index in [1.54, 1.807) is 0 Å². The minimum Gasteiger partial charge on any atom is -0.486 e. The average Bonchev–Trinajstić information content (AvgIpc) is 2.28. The molecule has 0 spiro atoms. The fourth-order valence-electron chi connectivity index (χ4n) is 2.14. The first kappa shape index (κ1) is 10.3. The van der Waals surface area contributed by atoms with Crippen molar-refractivity contribution < 1.29 is 4.74 Å². The molecule has 15 heavy (non-hydrogen) atoms. The van der Waals surface area contributed by atoms with Crippen LogP contribution in [0.4, 0.5) is 5.69 Å². The van der Waals surface area contributed by atoms with E-state index in [4.69, 9.17) is 4.74 Å². The van der Waals surface area contributed by atoms with Crippen molar-refractivity contribution in [3.05, 3.63) is 24.3 Å². The molecule has 1 aromatic rings. The Morgan fingerprint density at radius 2 is 2.07 bits per heavy atom. The zero-order chi connectivity index (χ0) is 10.7. The van der Waals surface area contributed by atoms with Crippen LogP contribution in [0, 0.1) is 0 Å². The number of rotatable bonds is 3. The van der Waals surface area contributed by atoms with Gasteiger partial charge in [-0.3, -0.25) is 0 Å². The Morgan fingerprint density at radius 3 is 2.80 bits per heavy atom. The molecule has 1 N–H and O–H groups in total. The standard InChI is InChI=1S/C13H19NO/c1-3-7-12-10(4-2)14-11-8-5-6-9-13(11)15-12/h5-6,8-10,12,14H,3-4,7H2,1-2H3. The van der Waals surface area contributed by atoms with E-state index in [-0.39, 0.29) is 0 Å². The summed E-state index contributed by atoms with van der Waals surface area (Å²) in [4.78, 5) is 0. The molecule has 0 fully saturated rings. The van der Waals surface area contributed by atoms with Crippen molar-refractivity contribution in [2.75, 3.05) is 5.32 Å². The number of para-hydroxylation sites is 2. The third kappa shape index (κ3) is 2.09. The second kappa shape index (κ2) is 4.56. The van der Waals surface area contributed by atoms with Crippen LogP contribution in [-0.4, -0.2) is 12.1 Å². The zero-order valence-electron chi connectivity index (χ0n) is 9.49. The van der Waals surface area contributed by atoms with Gasteiger partial charge in [0, 0.05) is 0 Å². The van der Waals surface area contributed by atoms with E-state index < -0.39 is 0 Å². The normalized spacial score (nSPS) is 23.9. The largest absolute Gasteiger partial charge is 0.486 e. The summed E-state index contributed by atoms with van der Waals surface area (Å²) in [6.07, 6.45) is 3.74. The molecule has 0 amide bonds. The number of ether oxygens (including phenoxy) is 1. The van der Waals surface area contributed by atoms with E-state index in [0.717, 1.165) is 24.3 Å². The van der Waals surface area contributed by atoms with Crippen molar-refractivity contribution in [1.29, 1.82) is 0 Å². The summed E-state index contributed by atoms with van der Waals surface area (Å²) in [6.45, 7) is 4.41. The second-order valence-corrected chi connectivity index (χ2v) is 4.10. The van der Waals surface area contributed by atoms with Gasteiger partial charge in [-0.2, -0.15) is 0 Å². The highest BCUT2D eigenvalue weighted by Crippen LogP contribution is 2.32. The molecule has 1 aromatic carbocycles. The van der Waals surface area contributed by atoms with Gasteiger partial charge in [0.2, 0.25) is 0 Å². The van der Waals surface area contributed by atoms with Crippen molar-refractivity contribution in [1.82, 2.24) is 0 Å². The molecule has 0 bridgehead atoms. The molecule has 0 saturated heterocycles. The Labute approximate surface area is 91.6 Å². The van der Waals surface area contributed by atoms with Crippen LogP contribution in [0.25, 0.3) is 0 Å². The summed E-state index contributed by atoms with van der Waals surface area (Å²) in [5, 5.41) is 3.56. The van der Waals surface area contributed by atoms with Gasteiger partial charge in [-0.1, -0.05) is 32.4 Å². The maximum atomic E-state index is 6.01. The number of nitrogens with one attached hydrogen (secondary N) is 1. The van der Waals surface area contributed by atoms with Crippen LogP contribution in [0.5, 0.6) is 5.75 Å². The highest BCUT2D eigenvalue weighted by atomic mass is 16.5. The zero-order valence-corrected chi connectivity index (χ0v) is 9.49. The van der Waals surface area contributed by atoms with Crippen LogP contribution in [0.3, 0.4) is 0 Å². The fourth-order valence-corrected chi connectivity index (χ4v) is 2.14. The van der Waals surface area contributed by atoms with Crippen LogP contribution in [0.1, 0.15) is 33.1 Å². The topological polar surface area (TPSA) is 21.3 Å². The third-order valence-electron chi connectivity index (χ3n) is 2.97. The smallest absolute Gasteiger partial charge is 0.142 e. The van der Waals surface area contributed by atoms with Crippen molar-refractivity contribution in [2.24, 2.45) is 0 Å². The minimum absolute atomic E-state index is 0.329. The summed E-state index contributed by atoms with van der Waals surface area (Å²) in [5.41, 5.74) is 1.14. The van der Waals surface area contributed by atoms with Crippen LogP contribution >= 0.6 is 0 Å². The van der Waals surface area contributed by atoms with Gasteiger partial charge in [0.05, 0.1) is 11.7 Å². The maximum Gasteiger partial charge on any atom is 0.142 e. The summed E-state index contributed by atoms with van der Waals surface area (Å²) in [5.74, 6) is 1.00. The van der Waals surface area contributed by atoms with Crippen molar-refractivity contribution >= 4 is 5.69 Å². The van der Waals surface area contributed by atoms with Crippen LogP contribution in [-0.2, 0) is 0 Å². The molecule has 1 heterocycles. The van der Waals surface area contributed by atoms with Gasteiger partial charge in [-0.25, -0.2) is 0 Å². The number of benzene rings is 1. The molecular formula is C13H19NO. The van der Waals surface area contributed by atoms with E-state index in [9.17, 15) is 0 Å². The Kier molecular flexibility index (Phi) is 3.14.